The molecule has 2 heterocycles. The van der Waals surface area contributed by atoms with Crippen molar-refractivity contribution >= 4 is 46.5 Å². The molecule has 4 amide bonds. The first-order chi connectivity index (χ1) is 24.4. The zero-order chi connectivity index (χ0) is 36.9. The minimum absolute atomic E-state index is 0.000661. The largest absolute Gasteiger partial charge is 0.480 e. The van der Waals surface area contributed by atoms with Crippen LogP contribution in [0.15, 0.2) is 72.2 Å². The molecule has 2 aromatic carbocycles. The maximum Gasteiger partial charge on any atom is 0.326 e. The number of amides is 4. The van der Waals surface area contributed by atoms with Gasteiger partial charge >= 0.3 is 5.97 Å². The highest BCUT2D eigenvalue weighted by atomic mass is 19.1. The van der Waals surface area contributed by atoms with E-state index in [1.807, 2.05) is 24.3 Å². The number of nitrogens with zero attached hydrogens (tertiary/aromatic N) is 2. The summed E-state index contributed by atoms with van der Waals surface area (Å²) in [4.78, 5) is 79.2. The van der Waals surface area contributed by atoms with Crippen LogP contribution in [0, 0.1) is 5.82 Å². The number of benzene rings is 2. The van der Waals surface area contributed by atoms with Gasteiger partial charge in [0.05, 0.1) is 6.33 Å². The molecule has 0 saturated heterocycles. The molecular formula is C34H41FN10O6. The van der Waals surface area contributed by atoms with E-state index in [0.29, 0.717) is 16.8 Å². The van der Waals surface area contributed by atoms with Gasteiger partial charge in [-0.05, 0) is 42.2 Å². The van der Waals surface area contributed by atoms with Crippen LogP contribution >= 0.6 is 0 Å². The van der Waals surface area contributed by atoms with Gasteiger partial charge in [0, 0.05) is 61.7 Å². The Morgan fingerprint density at radius 2 is 1.49 bits per heavy atom. The lowest BCUT2D eigenvalue weighted by atomic mass is 10.0. The second-order valence-electron chi connectivity index (χ2n) is 11.9. The lowest BCUT2D eigenvalue weighted by Gasteiger charge is -2.26. The zero-order valence-corrected chi connectivity index (χ0v) is 27.8. The number of carbonyl (C=O) groups excluding carboxylic acids is 4. The van der Waals surface area contributed by atoms with Crippen LogP contribution in [0.2, 0.25) is 0 Å². The Kier molecular flexibility index (Phi) is 13.2. The number of aromatic nitrogens is 3. The molecule has 51 heavy (non-hydrogen) atoms. The topological polar surface area (TPSA) is 263 Å². The van der Waals surface area contributed by atoms with Crippen molar-refractivity contribution in [3.8, 4) is 0 Å². The van der Waals surface area contributed by atoms with Gasteiger partial charge in [0.1, 0.15) is 30.0 Å². The van der Waals surface area contributed by atoms with Gasteiger partial charge in [0.15, 0.2) is 5.96 Å². The average molecular weight is 705 g/mol. The number of para-hydroxylation sites is 1. The van der Waals surface area contributed by atoms with Crippen LogP contribution in [0.4, 0.5) is 4.39 Å². The van der Waals surface area contributed by atoms with Gasteiger partial charge in [-0.2, -0.15) is 0 Å². The van der Waals surface area contributed by atoms with Crippen LogP contribution in [0.3, 0.4) is 0 Å². The monoisotopic (exact) mass is 704 g/mol. The molecule has 0 aliphatic heterocycles. The van der Waals surface area contributed by atoms with Crippen molar-refractivity contribution in [2.75, 3.05) is 6.54 Å². The van der Waals surface area contributed by atoms with Crippen LogP contribution in [-0.4, -0.2) is 86.3 Å². The summed E-state index contributed by atoms with van der Waals surface area (Å²) in [6, 6.07) is 7.55. The Morgan fingerprint density at radius 3 is 2.14 bits per heavy atom. The van der Waals surface area contributed by atoms with E-state index in [0.717, 1.165) is 10.9 Å². The number of aliphatic imine (C=N–C) groups is 1. The summed E-state index contributed by atoms with van der Waals surface area (Å²) in [6.07, 6.45) is 4.65. The van der Waals surface area contributed by atoms with Crippen molar-refractivity contribution < 1.29 is 33.5 Å². The number of hydrogen-bond acceptors (Lipinski definition) is 7. The smallest absolute Gasteiger partial charge is 0.326 e. The minimum atomic E-state index is -1.36. The van der Waals surface area contributed by atoms with Gasteiger partial charge in [-0.15, -0.1) is 0 Å². The van der Waals surface area contributed by atoms with Gasteiger partial charge in [-0.3, -0.25) is 24.2 Å². The van der Waals surface area contributed by atoms with Gasteiger partial charge in [-0.25, -0.2) is 14.2 Å². The van der Waals surface area contributed by atoms with E-state index in [9.17, 15) is 33.5 Å². The summed E-state index contributed by atoms with van der Waals surface area (Å²) in [5.74, 6) is -4.75. The summed E-state index contributed by atoms with van der Waals surface area (Å²) in [5, 5.41) is 21.2. The molecule has 0 spiro atoms. The highest BCUT2D eigenvalue weighted by Gasteiger charge is 2.32. The number of fused-ring (bicyclic) bond motifs is 1. The number of nitrogens with two attached hydrogens (primary N) is 2. The molecule has 0 aliphatic rings. The highest BCUT2D eigenvalue weighted by Crippen LogP contribution is 2.19. The maximum absolute atomic E-state index is 13.9. The fourth-order valence-electron chi connectivity index (χ4n) is 5.45. The normalized spacial score (nSPS) is 13.3. The Bertz CT molecular complexity index is 1840. The van der Waals surface area contributed by atoms with Crippen molar-refractivity contribution in [1.82, 2.24) is 36.2 Å². The van der Waals surface area contributed by atoms with Crippen LogP contribution in [0.1, 0.15) is 36.6 Å². The first kappa shape index (κ1) is 37.6. The van der Waals surface area contributed by atoms with Gasteiger partial charge in [-0.1, -0.05) is 30.3 Å². The van der Waals surface area contributed by atoms with E-state index in [4.69, 9.17) is 11.5 Å². The standard InChI is InChI=1S/C34H41FN10O6/c1-19(46)42-28(15-23-17-38-18-41-23)32(49)44-27(13-20-8-10-22(35)11-9-20)31(48)43-26(7-4-12-39-34(36)37)30(47)45-29(33(50)51)14-21-16-40-25-6-3-2-5-24(21)25/h2-3,5-6,8-11,16-18,26-29,40H,4,7,12-15H2,1H3,(H,38,41)(H,42,46)(H,43,48)(H,44,49)(H,45,47)(H,50,51)(H4,36,37,39)/t26-,27+,28-,29-/m0/s1. The molecule has 0 radical (unpaired) electrons. The molecule has 16 nitrogen and oxygen atoms in total. The molecule has 0 aliphatic carbocycles. The summed E-state index contributed by atoms with van der Waals surface area (Å²) >= 11 is 0. The Balaban J connectivity index is 1.57. The number of nitrogens with one attached hydrogen (secondary N) is 6. The van der Waals surface area contributed by atoms with E-state index in [1.165, 1.54) is 43.7 Å². The SMILES string of the molecule is CC(=O)N[C@@H](Cc1cnc[nH]1)C(=O)N[C@H](Cc1ccc(F)cc1)C(=O)N[C@@H](CCCN=C(N)N)C(=O)N[C@@H](Cc1c[nH]c2ccccc12)C(=O)O. The number of guanidine groups is 1. The highest BCUT2D eigenvalue weighted by molar-refractivity contribution is 5.95. The molecule has 0 unspecified atom stereocenters. The number of halogens is 1. The first-order valence-corrected chi connectivity index (χ1v) is 16.1. The van der Waals surface area contributed by atoms with Crippen molar-refractivity contribution in [2.45, 2.75) is 63.2 Å². The Labute approximate surface area is 292 Å². The maximum atomic E-state index is 13.9. The minimum Gasteiger partial charge on any atom is -0.480 e. The van der Waals surface area contributed by atoms with Gasteiger partial charge in [0.2, 0.25) is 23.6 Å². The van der Waals surface area contributed by atoms with E-state index >= 15 is 0 Å². The van der Waals surface area contributed by atoms with Gasteiger partial charge < -0.3 is 47.8 Å². The second-order valence-corrected chi connectivity index (χ2v) is 11.9. The molecule has 4 aromatic rings. The quantitative estimate of drug-likeness (QED) is 0.0387. The molecule has 270 valence electrons. The number of H-pyrrole nitrogens is 2. The first-order valence-electron chi connectivity index (χ1n) is 16.1. The third-order valence-electron chi connectivity index (χ3n) is 7.95. The average Bonchev–Trinajstić information content (AvgIpc) is 3.75. The molecule has 0 saturated carbocycles. The number of imidazole rings is 1. The van der Waals surface area contributed by atoms with Crippen molar-refractivity contribution in [3.63, 3.8) is 0 Å². The predicted octanol–water partition coefficient (Wildman–Crippen LogP) is 0.155. The third kappa shape index (κ3) is 11.4. The van der Waals surface area contributed by atoms with E-state index < -0.39 is 59.6 Å². The summed E-state index contributed by atoms with van der Waals surface area (Å²) in [5.41, 5.74) is 13.4. The van der Waals surface area contributed by atoms with E-state index in [1.54, 1.807) is 6.20 Å². The fraction of sp³-hybridized carbons (Fsp3) is 0.324. The van der Waals surface area contributed by atoms with Crippen LogP contribution < -0.4 is 32.7 Å². The van der Waals surface area contributed by atoms with Crippen molar-refractivity contribution in [1.29, 1.82) is 0 Å². The number of carboxylic acid groups (broad SMARTS) is 1. The number of hydrogen-bond donors (Lipinski definition) is 9. The molecule has 0 fully saturated rings. The van der Waals surface area contributed by atoms with Crippen LogP contribution in [0.25, 0.3) is 10.9 Å². The third-order valence-corrected chi connectivity index (χ3v) is 7.95. The zero-order valence-electron chi connectivity index (χ0n) is 27.8. The summed E-state index contributed by atoms with van der Waals surface area (Å²) in [7, 11) is 0. The van der Waals surface area contributed by atoms with Crippen LogP contribution in [-0.2, 0) is 43.2 Å². The summed E-state index contributed by atoms with van der Waals surface area (Å²) < 4.78 is 13.7. The number of aliphatic carboxylic acids is 1. The Hall–Kier alpha value is -6.26. The van der Waals surface area contributed by atoms with Gasteiger partial charge in [0.25, 0.3) is 0 Å². The molecule has 0 bridgehead atoms. The fourth-order valence-corrected chi connectivity index (χ4v) is 5.45. The molecule has 11 N–H and O–H groups in total. The van der Waals surface area contributed by atoms with E-state index in [-0.39, 0.29) is 44.6 Å². The number of rotatable bonds is 18. The lowest BCUT2D eigenvalue weighted by molar-refractivity contribution is -0.142. The number of carbonyl (C=O) groups is 5. The lowest BCUT2D eigenvalue weighted by Crippen LogP contribution is -2.58. The van der Waals surface area contributed by atoms with Crippen molar-refractivity contribution in [3.05, 3.63) is 89.9 Å². The predicted molar refractivity (Wildman–Crippen MR) is 185 cm³/mol. The molecule has 4 rings (SSSR count). The second kappa shape index (κ2) is 17.9. The summed E-state index contributed by atoms with van der Waals surface area (Å²) in [6.45, 7) is 1.35. The van der Waals surface area contributed by atoms with Crippen molar-refractivity contribution in [2.24, 2.45) is 16.5 Å². The molecule has 2 aromatic heterocycles. The molecular weight excluding hydrogens is 663 g/mol. The number of carboxylic acids is 1. The van der Waals surface area contributed by atoms with Crippen LogP contribution in [0.5, 0.6) is 0 Å². The Morgan fingerprint density at radius 1 is 0.843 bits per heavy atom. The number of aromatic amines is 2. The molecule has 17 heteroatoms. The molecule has 4 atom stereocenters. The van der Waals surface area contributed by atoms with E-state index in [2.05, 4.69) is 41.2 Å².